The number of para-hydroxylation sites is 1. The summed E-state index contributed by atoms with van der Waals surface area (Å²) >= 11 is 0. The Balaban J connectivity index is 1.84. The van der Waals surface area contributed by atoms with E-state index in [0.29, 0.717) is 6.54 Å². The van der Waals surface area contributed by atoms with E-state index in [1.54, 1.807) is 0 Å². The molecule has 0 atom stereocenters. The summed E-state index contributed by atoms with van der Waals surface area (Å²) in [7, 11) is 0. The monoisotopic (exact) mass is 313 g/mol. The van der Waals surface area contributed by atoms with Gasteiger partial charge in [-0.2, -0.15) is 0 Å². The van der Waals surface area contributed by atoms with E-state index in [2.05, 4.69) is 46.8 Å². The van der Waals surface area contributed by atoms with E-state index in [1.165, 1.54) is 6.54 Å². The highest BCUT2D eigenvalue weighted by Crippen LogP contribution is 2.25. The van der Waals surface area contributed by atoms with Gasteiger partial charge in [0.05, 0.1) is 5.52 Å². The summed E-state index contributed by atoms with van der Waals surface area (Å²) in [6.07, 6.45) is 0.727. The first-order valence-electron chi connectivity index (χ1n) is 8.60. The van der Waals surface area contributed by atoms with Crippen molar-refractivity contribution >= 4 is 16.7 Å². The minimum absolute atomic E-state index is 0.583. The highest BCUT2D eigenvalue weighted by atomic mass is 15.3. The Kier molecular flexibility index (Phi) is 5.08. The number of fused-ring (bicyclic) bond motifs is 1. The second-order valence-corrected chi connectivity index (χ2v) is 6.70. The van der Waals surface area contributed by atoms with Crippen molar-refractivity contribution in [3.63, 3.8) is 0 Å². The number of rotatable bonds is 5. The zero-order valence-electron chi connectivity index (χ0n) is 14.2. The zero-order valence-corrected chi connectivity index (χ0v) is 14.2. The molecular weight excluding hydrogens is 286 g/mol. The van der Waals surface area contributed by atoms with Crippen molar-refractivity contribution in [2.45, 2.75) is 20.3 Å². The number of hydrogen-bond acceptors (Lipinski definition) is 5. The summed E-state index contributed by atoms with van der Waals surface area (Å²) < 4.78 is 0. The fourth-order valence-electron chi connectivity index (χ4n) is 3.25. The normalized spacial score (nSPS) is 16.4. The molecule has 1 aromatic heterocycles. The van der Waals surface area contributed by atoms with Crippen molar-refractivity contribution in [2.24, 2.45) is 11.7 Å². The lowest BCUT2D eigenvalue weighted by Gasteiger charge is -2.36. The lowest BCUT2D eigenvalue weighted by molar-refractivity contribution is 0.231. The van der Waals surface area contributed by atoms with Crippen LogP contribution in [0.4, 0.5) is 5.82 Å². The van der Waals surface area contributed by atoms with Gasteiger partial charge in [-0.05, 0) is 24.6 Å². The van der Waals surface area contributed by atoms with Crippen LogP contribution >= 0.6 is 0 Å². The van der Waals surface area contributed by atoms with Gasteiger partial charge in [0.15, 0.2) is 0 Å². The molecule has 1 saturated heterocycles. The highest BCUT2D eigenvalue weighted by Gasteiger charge is 2.21. The Labute approximate surface area is 138 Å². The molecule has 2 heterocycles. The molecule has 1 aliphatic heterocycles. The molecule has 0 spiro atoms. The van der Waals surface area contributed by atoms with E-state index in [9.17, 15) is 0 Å². The van der Waals surface area contributed by atoms with Gasteiger partial charge in [0, 0.05) is 44.5 Å². The van der Waals surface area contributed by atoms with Crippen molar-refractivity contribution in [3.05, 3.63) is 30.1 Å². The summed E-state index contributed by atoms with van der Waals surface area (Å²) in [6, 6.07) is 8.28. The fraction of sp³-hybridized carbons (Fsp3) is 0.556. The van der Waals surface area contributed by atoms with Crippen LogP contribution in [0.3, 0.4) is 0 Å². The Morgan fingerprint density at radius 2 is 1.83 bits per heavy atom. The largest absolute Gasteiger partial charge is 0.353 e. The number of anilines is 1. The van der Waals surface area contributed by atoms with E-state index in [1.807, 2.05) is 6.07 Å². The molecule has 2 aromatic rings. The number of hydrogen-bond donors (Lipinski definition) is 1. The first kappa shape index (κ1) is 16.1. The van der Waals surface area contributed by atoms with Crippen LogP contribution in [-0.2, 0) is 6.42 Å². The van der Waals surface area contributed by atoms with Crippen LogP contribution in [-0.4, -0.2) is 54.1 Å². The highest BCUT2D eigenvalue weighted by molar-refractivity contribution is 5.89. The third-order valence-corrected chi connectivity index (χ3v) is 4.29. The van der Waals surface area contributed by atoms with Gasteiger partial charge in [-0.25, -0.2) is 9.97 Å². The van der Waals surface area contributed by atoms with Crippen molar-refractivity contribution in [3.8, 4) is 0 Å². The lowest BCUT2D eigenvalue weighted by Crippen LogP contribution is -2.47. The number of nitrogens with zero attached hydrogens (tertiary/aromatic N) is 4. The Hall–Kier alpha value is -1.72. The number of nitrogens with two attached hydrogens (primary N) is 1. The van der Waals surface area contributed by atoms with Crippen molar-refractivity contribution in [2.75, 3.05) is 44.2 Å². The van der Waals surface area contributed by atoms with Gasteiger partial charge in [-0.15, -0.1) is 0 Å². The predicted octanol–water partition coefficient (Wildman–Crippen LogP) is 1.91. The fourth-order valence-corrected chi connectivity index (χ4v) is 3.25. The lowest BCUT2D eigenvalue weighted by atomic mass is 10.1. The Morgan fingerprint density at radius 3 is 2.52 bits per heavy atom. The molecule has 1 aromatic carbocycles. The SMILES string of the molecule is CC(C)CN1CCN(c2nc(CCN)nc3ccccc23)CC1. The van der Waals surface area contributed by atoms with Gasteiger partial charge in [0.1, 0.15) is 11.6 Å². The first-order valence-corrected chi connectivity index (χ1v) is 8.60. The summed E-state index contributed by atoms with van der Waals surface area (Å²) in [5, 5.41) is 1.14. The van der Waals surface area contributed by atoms with Gasteiger partial charge in [0.2, 0.25) is 0 Å². The molecule has 0 saturated carbocycles. The molecule has 5 heteroatoms. The van der Waals surface area contributed by atoms with E-state index >= 15 is 0 Å². The van der Waals surface area contributed by atoms with Gasteiger partial charge < -0.3 is 10.6 Å². The van der Waals surface area contributed by atoms with Gasteiger partial charge >= 0.3 is 0 Å². The summed E-state index contributed by atoms with van der Waals surface area (Å²) in [4.78, 5) is 14.4. The van der Waals surface area contributed by atoms with Gasteiger partial charge in [-0.1, -0.05) is 26.0 Å². The molecule has 124 valence electrons. The van der Waals surface area contributed by atoms with Crippen LogP contribution in [0.2, 0.25) is 0 Å². The quantitative estimate of drug-likeness (QED) is 0.914. The molecule has 2 N–H and O–H groups in total. The molecule has 1 aliphatic rings. The Bertz CT molecular complexity index is 647. The van der Waals surface area contributed by atoms with Crippen LogP contribution in [0.1, 0.15) is 19.7 Å². The number of benzene rings is 1. The zero-order chi connectivity index (χ0) is 16.2. The number of piperazine rings is 1. The topological polar surface area (TPSA) is 58.3 Å². The molecule has 0 amide bonds. The molecule has 0 aliphatic carbocycles. The van der Waals surface area contributed by atoms with Gasteiger partial charge in [-0.3, -0.25) is 4.90 Å². The first-order chi connectivity index (χ1) is 11.2. The van der Waals surface area contributed by atoms with Crippen LogP contribution in [0.5, 0.6) is 0 Å². The van der Waals surface area contributed by atoms with Crippen LogP contribution in [0.15, 0.2) is 24.3 Å². The third-order valence-electron chi connectivity index (χ3n) is 4.29. The van der Waals surface area contributed by atoms with E-state index in [4.69, 9.17) is 10.7 Å². The minimum Gasteiger partial charge on any atom is -0.353 e. The summed E-state index contributed by atoms with van der Waals surface area (Å²) in [5.41, 5.74) is 6.72. The minimum atomic E-state index is 0.583. The maximum absolute atomic E-state index is 5.70. The smallest absolute Gasteiger partial charge is 0.140 e. The average molecular weight is 313 g/mol. The van der Waals surface area contributed by atoms with E-state index in [-0.39, 0.29) is 0 Å². The number of aromatic nitrogens is 2. The Morgan fingerprint density at radius 1 is 1.09 bits per heavy atom. The van der Waals surface area contributed by atoms with Crippen molar-refractivity contribution < 1.29 is 0 Å². The van der Waals surface area contributed by atoms with Crippen LogP contribution < -0.4 is 10.6 Å². The predicted molar refractivity (Wildman–Crippen MR) is 95.8 cm³/mol. The molecule has 1 fully saturated rings. The maximum atomic E-state index is 5.70. The van der Waals surface area contributed by atoms with Crippen molar-refractivity contribution in [1.82, 2.24) is 14.9 Å². The molecule has 23 heavy (non-hydrogen) atoms. The van der Waals surface area contributed by atoms with Crippen LogP contribution in [0.25, 0.3) is 10.9 Å². The molecule has 5 nitrogen and oxygen atoms in total. The molecule has 0 bridgehead atoms. The molecule has 3 rings (SSSR count). The van der Waals surface area contributed by atoms with Crippen LogP contribution in [0, 0.1) is 5.92 Å². The van der Waals surface area contributed by atoms with E-state index in [0.717, 1.165) is 61.1 Å². The van der Waals surface area contributed by atoms with E-state index < -0.39 is 0 Å². The molecule has 0 unspecified atom stereocenters. The standard InChI is InChI=1S/C18H27N5/c1-14(2)13-22-9-11-23(12-10-22)18-15-5-3-4-6-16(15)20-17(21-18)7-8-19/h3-6,14H,7-13,19H2,1-2H3. The second kappa shape index (κ2) is 7.23. The summed E-state index contributed by atoms with van der Waals surface area (Å²) in [5.74, 6) is 2.65. The molecule has 0 radical (unpaired) electrons. The second-order valence-electron chi connectivity index (χ2n) is 6.70. The average Bonchev–Trinajstić information content (AvgIpc) is 2.55. The third kappa shape index (κ3) is 3.79. The maximum Gasteiger partial charge on any atom is 0.140 e. The summed E-state index contributed by atoms with van der Waals surface area (Å²) in [6.45, 7) is 10.6. The molecular formula is C18H27N5. The van der Waals surface area contributed by atoms with Gasteiger partial charge in [0.25, 0.3) is 0 Å². The van der Waals surface area contributed by atoms with Crippen molar-refractivity contribution in [1.29, 1.82) is 0 Å².